The highest BCUT2D eigenvalue weighted by Crippen LogP contribution is 2.23. The average molecular weight is 180 g/mol. The lowest BCUT2D eigenvalue weighted by Gasteiger charge is -2.18. The molecule has 0 radical (unpaired) electrons. The van der Waals surface area contributed by atoms with Crippen LogP contribution in [0.1, 0.15) is 20.3 Å². The van der Waals surface area contributed by atoms with Crippen molar-refractivity contribution in [1.82, 2.24) is 0 Å². The third-order valence-corrected chi connectivity index (χ3v) is 2.41. The van der Waals surface area contributed by atoms with E-state index >= 15 is 0 Å². The van der Waals surface area contributed by atoms with Crippen LogP contribution in [-0.2, 0) is 9.53 Å². The molecule has 1 unspecified atom stereocenters. The number of ether oxygens (including phenoxy) is 1. The summed E-state index contributed by atoms with van der Waals surface area (Å²) in [5, 5.41) is 0. The molecule has 0 aliphatic heterocycles. The highest BCUT2D eigenvalue weighted by atomic mass is 16.5. The van der Waals surface area contributed by atoms with Crippen molar-refractivity contribution in [3.63, 3.8) is 0 Å². The number of methoxy groups -OCH3 is 1. The van der Waals surface area contributed by atoms with E-state index in [1.165, 1.54) is 7.11 Å². The lowest BCUT2D eigenvalue weighted by Crippen LogP contribution is -2.11. The topological polar surface area (TPSA) is 26.3 Å². The van der Waals surface area contributed by atoms with Crippen LogP contribution in [0, 0.1) is 11.8 Å². The summed E-state index contributed by atoms with van der Waals surface area (Å²) < 4.78 is 4.63. The number of carbonyl (C=O) groups is 1. The molecule has 1 aliphatic carbocycles. The molecule has 0 amide bonds. The number of carbonyl (C=O) groups excluding carboxylic acids is 1. The van der Waals surface area contributed by atoms with Gasteiger partial charge in [0.1, 0.15) is 0 Å². The minimum atomic E-state index is -0.238. The van der Waals surface area contributed by atoms with E-state index in [2.05, 4.69) is 24.7 Å². The van der Waals surface area contributed by atoms with Crippen LogP contribution in [-0.4, -0.2) is 13.1 Å². The summed E-state index contributed by atoms with van der Waals surface area (Å²) in [6.45, 7) is 4.37. The number of rotatable bonds is 2. The first-order valence-corrected chi connectivity index (χ1v) is 4.62. The number of allylic oxidation sites excluding steroid dienone is 2. The summed E-state index contributed by atoms with van der Waals surface area (Å²) in [6.07, 6.45) is 6.85. The van der Waals surface area contributed by atoms with E-state index < -0.39 is 0 Å². The van der Waals surface area contributed by atoms with Crippen molar-refractivity contribution in [2.75, 3.05) is 7.11 Å². The van der Waals surface area contributed by atoms with E-state index in [0.717, 1.165) is 6.42 Å². The van der Waals surface area contributed by atoms with Crippen LogP contribution in [0.5, 0.6) is 0 Å². The molecule has 2 nitrogen and oxygen atoms in total. The second kappa shape index (κ2) is 4.26. The maximum Gasteiger partial charge on any atom is 0.337 e. The molecular weight excluding hydrogens is 164 g/mol. The predicted octanol–water partition coefficient (Wildman–Crippen LogP) is 2.32. The molecule has 0 bridgehead atoms. The monoisotopic (exact) mass is 180 g/mol. The second-order valence-corrected chi connectivity index (χ2v) is 3.65. The Hall–Kier alpha value is -1.05. The third-order valence-electron chi connectivity index (χ3n) is 2.41. The van der Waals surface area contributed by atoms with Crippen molar-refractivity contribution in [2.24, 2.45) is 11.8 Å². The molecule has 1 rings (SSSR count). The van der Waals surface area contributed by atoms with Crippen LogP contribution in [0.15, 0.2) is 23.8 Å². The Balaban J connectivity index is 2.60. The summed E-state index contributed by atoms with van der Waals surface area (Å²) in [4.78, 5) is 11.1. The van der Waals surface area contributed by atoms with Gasteiger partial charge in [0.15, 0.2) is 0 Å². The SMILES string of the molecule is COC(=O)C1=CCC(C(C)C)C=C1. The van der Waals surface area contributed by atoms with Gasteiger partial charge in [-0.1, -0.05) is 32.1 Å². The zero-order valence-electron chi connectivity index (χ0n) is 8.41. The van der Waals surface area contributed by atoms with Gasteiger partial charge in [0.25, 0.3) is 0 Å². The zero-order chi connectivity index (χ0) is 9.84. The van der Waals surface area contributed by atoms with Crippen molar-refractivity contribution in [3.8, 4) is 0 Å². The molecule has 0 aromatic heterocycles. The minimum absolute atomic E-state index is 0.238. The fourth-order valence-electron chi connectivity index (χ4n) is 1.40. The smallest absolute Gasteiger partial charge is 0.337 e. The van der Waals surface area contributed by atoms with E-state index in [4.69, 9.17) is 0 Å². The van der Waals surface area contributed by atoms with Crippen molar-refractivity contribution in [2.45, 2.75) is 20.3 Å². The first-order chi connectivity index (χ1) is 6.15. The third kappa shape index (κ3) is 2.44. The molecule has 2 heteroatoms. The molecule has 0 aromatic carbocycles. The van der Waals surface area contributed by atoms with Gasteiger partial charge in [-0.15, -0.1) is 0 Å². The normalized spacial score (nSPS) is 21.5. The van der Waals surface area contributed by atoms with E-state index in [0.29, 0.717) is 17.4 Å². The van der Waals surface area contributed by atoms with Gasteiger partial charge in [0, 0.05) is 0 Å². The van der Waals surface area contributed by atoms with Gasteiger partial charge in [-0.25, -0.2) is 4.79 Å². The van der Waals surface area contributed by atoms with Gasteiger partial charge < -0.3 is 4.74 Å². The molecule has 13 heavy (non-hydrogen) atoms. The quantitative estimate of drug-likeness (QED) is 0.609. The first-order valence-electron chi connectivity index (χ1n) is 4.62. The summed E-state index contributed by atoms with van der Waals surface area (Å²) in [7, 11) is 1.41. The summed E-state index contributed by atoms with van der Waals surface area (Å²) in [5.74, 6) is 0.957. The Morgan fingerprint density at radius 1 is 1.62 bits per heavy atom. The van der Waals surface area contributed by atoms with E-state index in [1.807, 2.05) is 12.2 Å². The molecule has 0 heterocycles. The molecule has 0 fully saturated rings. The molecule has 72 valence electrons. The van der Waals surface area contributed by atoms with Crippen molar-refractivity contribution in [1.29, 1.82) is 0 Å². The zero-order valence-corrected chi connectivity index (χ0v) is 8.41. The van der Waals surface area contributed by atoms with E-state index in [1.54, 1.807) is 0 Å². The summed E-state index contributed by atoms with van der Waals surface area (Å²) >= 11 is 0. The van der Waals surface area contributed by atoms with Gasteiger partial charge in [0.2, 0.25) is 0 Å². The molecule has 0 saturated carbocycles. The molecule has 1 atom stereocenters. The van der Waals surface area contributed by atoms with Gasteiger partial charge in [0.05, 0.1) is 12.7 Å². The lowest BCUT2D eigenvalue weighted by molar-refractivity contribution is -0.135. The highest BCUT2D eigenvalue weighted by Gasteiger charge is 2.15. The van der Waals surface area contributed by atoms with Crippen molar-refractivity contribution < 1.29 is 9.53 Å². The van der Waals surface area contributed by atoms with Crippen molar-refractivity contribution >= 4 is 5.97 Å². The highest BCUT2D eigenvalue weighted by molar-refractivity contribution is 5.91. The number of hydrogen-bond donors (Lipinski definition) is 0. The van der Waals surface area contributed by atoms with E-state index in [-0.39, 0.29) is 5.97 Å². The van der Waals surface area contributed by atoms with Gasteiger partial charge >= 0.3 is 5.97 Å². The van der Waals surface area contributed by atoms with Crippen LogP contribution in [0.25, 0.3) is 0 Å². The number of esters is 1. The predicted molar refractivity (Wildman–Crippen MR) is 52.2 cm³/mol. The standard InChI is InChI=1S/C11H16O2/c1-8(2)9-4-6-10(7-5-9)11(12)13-3/h4,6-9H,5H2,1-3H3. The van der Waals surface area contributed by atoms with Crippen LogP contribution in [0.3, 0.4) is 0 Å². The largest absolute Gasteiger partial charge is 0.465 e. The first kappa shape index (κ1) is 10.0. The summed E-state index contributed by atoms with van der Waals surface area (Å²) in [5.41, 5.74) is 0.680. The molecule has 0 spiro atoms. The van der Waals surface area contributed by atoms with Crippen LogP contribution >= 0.6 is 0 Å². The Kier molecular flexibility index (Phi) is 3.29. The molecule has 1 aliphatic rings. The van der Waals surface area contributed by atoms with Crippen LogP contribution in [0.4, 0.5) is 0 Å². The van der Waals surface area contributed by atoms with Crippen LogP contribution < -0.4 is 0 Å². The van der Waals surface area contributed by atoms with E-state index in [9.17, 15) is 4.79 Å². The van der Waals surface area contributed by atoms with Crippen LogP contribution in [0.2, 0.25) is 0 Å². The van der Waals surface area contributed by atoms with Crippen molar-refractivity contribution in [3.05, 3.63) is 23.8 Å². The number of hydrogen-bond acceptors (Lipinski definition) is 2. The molecule has 0 saturated heterocycles. The fraction of sp³-hybridized carbons (Fsp3) is 0.545. The summed E-state index contributed by atoms with van der Waals surface area (Å²) in [6, 6.07) is 0. The molecular formula is C11H16O2. The van der Waals surface area contributed by atoms with Gasteiger partial charge in [-0.05, 0) is 18.3 Å². The fourth-order valence-corrected chi connectivity index (χ4v) is 1.40. The lowest BCUT2D eigenvalue weighted by atomic mass is 9.88. The Labute approximate surface area is 79.3 Å². The van der Waals surface area contributed by atoms with Gasteiger partial charge in [-0.2, -0.15) is 0 Å². The molecule has 0 aromatic rings. The Morgan fingerprint density at radius 3 is 2.69 bits per heavy atom. The average Bonchev–Trinajstić information content (AvgIpc) is 2.17. The Morgan fingerprint density at radius 2 is 2.31 bits per heavy atom. The Bertz CT molecular complexity index is 249. The second-order valence-electron chi connectivity index (χ2n) is 3.65. The van der Waals surface area contributed by atoms with Gasteiger partial charge in [-0.3, -0.25) is 0 Å². The maximum absolute atomic E-state index is 11.1. The minimum Gasteiger partial charge on any atom is -0.465 e. The maximum atomic E-state index is 11.1. The molecule has 0 N–H and O–H groups in total.